The predicted molar refractivity (Wildman–Crippen MR) is 62.5 cm³/mol. The maximum Gasteiger partial charge on any atom is 0.307 e. The van der Waals surface area contributed by atoms with Crippen molar-refractivity contribution in [3.05, 3.63) is 35.4 Å². The van der Waals surface area contributed by atoms with Gasteiger partial charge in [0.1, 0.15) is 6.10 Å². The predicted octanol–water partition coefficient (Wildman–Crippen LogP) is 1.10. The number of halogens is 1. The summed E-state index contributed by atoms with van der Waals surface area (Å²) in [5.74, 6) is -0.965. The largest absolute Gasteiger partial charge is 0.481 e. The molecule has 0 aliphatic heterocycles. The average Bonchev–Trinajstić information content (AvgIpc) is 2.27. The standard InChI is InChI=1S/C11H13BrO4/c12-6-9(13)11(16)8-4-2-1-3-7(8)5-10(14)15/h1-4,9,11,13,16H,5-6H2,(H,14,15). The SMILES string of the molecule is O=C(O)Cc1ccccc1C(O)C(O)CBr. The van der Waals surface area contributed by atoms with Gasteiger partial charge in [-0.15, -0.1) is 0 Å². The Morgan fingerprint density at radius 3 is 2.50 bits per heavy atom. The molecule has 1 rings (SSSR count). The van der Waals surface area contributed by atoms with Crippen molar-refractivity contribution in [2.45, 2.75) is 18.6 Å². The van der Waals surface area contributed by atoms with Gasteiger partial charge in [0.2, 0.25) is 0 Å². The molecule has 0 aliphatic carbocycles. The van der Waals surface area contributed by atoms with Crippen LogP contribution in [0.1, 0.15) is 17.2 Å². The third-order valence-corrected chi connectivity index (χ3v) is 2.90. The van der Waals surface area contributed by atoms with Gasteiger partial charge in [0.25, 0.3) is 0 Å². The van der Waals surface area contributed by atoms with Crippen LogP contribution in [0.2, 0.25) is 0 Å². The Morgan fingerprint density at radius 2 is 1.94 bits per heavy atom. The number of aliphatic hydroxyl groups excluding tert-OH is 2. The second-order valence-corrected chi connectivity index (χ2v) is 4.08. The lowest BCUT2D eigenvalue weighted by atomic mass is 9.97. The van der Waals surface area contributed by atoms with Crippen molar-refractivity contribution in [2.75, 3.05) is 5.33 Å². The fraction of sp³-hybridized carbons (Fsp3) is 0.364. The summed E-state index contributed by atoms with van der Waals surface area (Å²) >= 11 is 3.06. The van der Waals surface area contributed by atoms with E-state index in [0.29, 0.717) is 11.1 Å². The molecule has 16 heavy (non-hydrogen) atoms. The lowest BCUT2D eigenvalue weighted by molar-refractivity contribution is -0.136. The Kier molecular flexibility index (Phi) is 4.92. The zero-order valence-electron chi connectivity index (χ0n) is 8.51. The van der Waals surface area contributed by atoms with Crippen molar-refractivity contribution in [1.82, 2.24) is 0 Å². The summed E-state index contributed by atoms with van der Waals surface area (Å²) in [6.07, 6.45) is -2.19. The van der Waals surface area contributed by atoms with E-state index < -0.39 is 18.2 Å². The lowest BCUT2D eigenvalue weighted by Gasteiger charge is -2.18. The van der Waals surface area contributed by atoms with E-state index in [1.807, 2.05) is 0 Å². The molecule has 0 spiro atoms. The molecule has 0 saturated heterocycles. The van der Waals surface area contributed by atoms with Gasteiger partial charge in [0.05, 0.1) is 12.5 Å². The molecule has 0 amide bonds. The van der Waals surface area contributed by atoms with Crippen LogP contribution in [0.4, 0.5) is 0 Å². The van der Waals surface area contributed by atoms with E-state index >= 15 is 0 Å². The van der Waals surface area contributed by atoms with Crippen molar-refractivity contribution < 1.29 is 20.1 Å². The molecule has 1 aromatic carbocycles. The number of benzene rings is 1. The fourth-order valence-electron chi connectivity index (χ4n) is 1.44. The Labute approximate surface area is 102 Å². The van der Waals surface area contributed by atoms with Crippen LogP contribution in [0.5, 0.6) is 0 Å². The number of carboxylic acids is 1. The Bertz CT molecular complexity index is 367. The minimum Gasteiger partial charge on any atom is -0.481 e. The number of carboxylic acid groups (broad SMARTS) is 1. The monoisotopic (exact) mass is 288 g/mol. The second-order valence-electron chi connectivity index (χ2n) is 3.44. The lowest BCUT2D eigenvalue weighted by Crippen LogP contribution is -2.21. The molecule has 0 aromatic heterocycles. The minimum absolute atomic E-state index is 0.164. The van der Waals surface area contributed by atoms with Crippen molar-refractivity contribution in [3.63, 3.8) is 0 Å². The smallest absolute Gasteiger partial charge is 0.307 e. The number of aliphatic hydroxyl groups is 2. The first-order valence-electron chi connectivity index (χ1n) is 4.78. The fourth-order valence-corrected chi connectivity index (χ4v) is 1.79. The summed E-state index contributed by atoms with van der Waals surface area (Å²) in [6, 6.07) is 6.66. The highest BCUT2D eigenvalue weighted by atomic mass is 79.9. The minimum atomic E-state index is -1.07. The quantitative estimate of drug-likeness (QED) is 0.709. The Balaban J connectivity index is 2.98. The zero-order chi connectivity index (χ0) is 12.1. The molecule has 2 unspecified atom stereocenters. The van der Waals surface area contributed by atoms with Crippen LogP contribution in [-0.2, 0) is 11.2 Å². The third-order valence-electron chi connectivity index (χ3n) is 2.24. The molecule has 0 saturated carbocycles. The first-order chi connectivity index (χ1) is 7.56. The summed E-state index contributed by atoms with van der Waals surface area (Å²) in [5, 5.41) is 28.3. The Hall–Kier alpha value is -0.910. The number of rotatable bonds is 5. The van der Waals surface area contributed by atoms with Crippen LogP contribution in [0, 0.1) is 0 Å². The number of hydrogen-bond donors (Lipinski definition) is 3. The van der Waals surface area contributed by atoms with Crippen LogP contribution >= 0.6 is 15.9 Å². The first kappa shape index (κ1) is 13.2. The third kappa shape index (κ3) is 3.30. The van der Waals surface area contributed by atoms with Gasteiger partial charge >= 0.3 is 5.97 Å². The van der Waals surface area contributed by atoms with Crippen molar-refractivity contribution in [3.8, 4) is 0 Å². The molecule has 3 N–H and O–H groups in total. The topological polar surface area (TPSA) is 77.8 Å². The summed E-state index contributed by atoms with van der Waals surface area (Å²) in [4.78, 5) is 10.6. The van der Waals surface area contributed by atoms with Gasteiger partial charge in [-0.2, -0.15) is 0 Å². The van der Waals surface area contributed by atoms with E-state index in [0.717, 1.165) is 0 Å². The zero-order valence-corrected chi connectivity index (χ0v) is 10.1. The van der Waals surface area contributed by atoms with E-state index in [1.54, 1.807) is 24.3 Å². The summed E-state index contributed by atoms with van der Waals surface area (Å²) in [7, 11) is 0. The van der Waals surface area contributed by atoms with E-state index in [-0.39, 0.29) is 11.8 Å². The normalized spacial score (nSPS) is 14.4. The van der Waals surface area contributed by atoms with Crippen molar-refractivity contribution in [1.29, 1.82) is 0 Å². The van der Waals surface area contributed by atoms with E-state index in [1.165, 1.54) is 0 Å². The molecule has 0 heterocycles. The van der Waals surface area contributed by atoms with Gasteiger partial charge in [-0.25, -0.2) is 0 Å². The van der Waals surface area contributed by atoms with Crippen LogP contribution in [0.3, 0.4) is 0 Å². The van der Waals surface area contributed by atoms with Crippen molar-refractivity contribution in [2.24, 2.45) is 0 Å². The van der Waals surface area contributed by atoms with Crippen LogP contribution < -0.4 is 0 Å². The summed E-state index contributed by atoms with van der Waals surface area (Å²) in [5.41, 5.74) is 0.972. The maximum atomic E-state index is 10.6. The molecule has 0 aliphatic rings. The van der Waals surface area contributed by atoms with Gasteiger partial charge in [-0.05, 0) is 11.1 Å². The van der Waals surface area contributed by atoms with E-state index in [4.69, 9.17) is 5.11 Å². The average molecular weight is 289 g/mol. The maximum absolute atomic E-state index is 10.6. The van der Waals surface area contributed by atoms with Gasteiger partial charge < -0.3 is 15.3 Å². The van der Waals surface area contributed by atoms with Gasteiger partial charge in [0.15, 0.2) is 0 Å². The molecule has 0 radical (unpaired) electrons. The number of hydrogen-bond acceptors (Lipinski definition) is 3. The number of aliphatic carboxylic acids is 1. The summed E-state index contributed by atoms with van der Waals surface area (Å²) in [6.45, 7) is 0. The molecule has 4 nitrogen and oxygen atoms in total. The second kappa shape index (κ2) is 5.98. The molecule has 88 valence electrons. The highest BCUT2D eigenvalue weighted by Gasteiger charge is 2.20. The molecule has 0 fully saturated rings. The van der Waals surface area contributed by atoms with E-state index in [9.17, 15) is 15.0 Å². The summed E-state index contributed by atoms with van der Waals surface area (Å²) < 4.78 is 0. The van der Waals surface area contributed by atoms with Gasteiger partial charge in [0, 0.05) is 5.33 Å². The van der Waals surface area contributed by atoms with Crippen molar-refractivity contribution >= 4 is 21.9 Å². The van der Waals surface area contributed by atoms with E-state index in [2.05, 4.69) is 15.9 Å². The molecular formula is C11H13BrO4. The first-order valence-corrected chi connectivity index (χ1v) is 5.90. The molecule has 1 aromatic rings. The van der Waals surface area contributed by atoms with Crippen LogP contribution in [-0.4, -0.2) is 32.7 Å². The molecule has 0 bridgehead atoms. The van der Waals surface area contributed by atoms with Gasteiger partial charge in [-0.1, -0.05) is 40.2 Å². The highest BCUT2D eigenvalue weighted by Crippen LogP contribution is 2.22. The molecule has 5 heteroatoms. The molecule has 2 atom stereocenters. The highest BCUT2D eigenvalue weighted by molar-refractivity contribution is 9.09. The number of carbonyl (C=O) groups is 1. The molecular weight excluding hydrogens is 276 g/mol. The van der Waals surface area contributed by atoms with Crippen LogP contribution in [0.15, 0.2) is 24.3 Å². The number of alkyl halides is 1. The van der Waals surface area contributed by atoms with Gasteiger partial charge in [-0.3, -0.25) is 4.79 Å². The van der Waals surface area contributed by atoms with Crippen LogP contribution in [0.25, 0.3) is 0 Å². The Morgan fingerprint density at radius 1 is 1.31 bits per heavy atom.